The molecule has 2 aromatic rings. The molecule has 2 aromatic heterocycles. The molecule has 1 aliphatic carbocycles. The van der Waals surface area contributed by atoms with Crippen LogP contribution in [-0.2, 0) is 0 Å². The van der Waals surface area contributed by atoms with Gasteiger partial charge in [-0.05, 0) is 44.2 Å². The summed E-state index contributed by atoms with van der Waals surface area (Å²) in [5, 5.41) is 9.69. The molecule has 0 amide bonds. The summed E-state index contributed by atoms with van der Waals surface area (Å²) in [4.78, 5) is 12.8. The standard InChI is InChI=1S/C16H19N3O2/c1-10(20)13-5-14(7-17-6-13)15-8-18-11(2)19-16(15)21-9-12-3-4-12/h5-8,10,12,20H,3-4,9H2,1-2H3. The van der Waals surface area contributed by atoms with E-state index >= 15 is 0 Å². The zero-order valence-corrected chi connectivity index (χ0v) is 12.3. The van der Waals surface area contributed by atoms with Gasteiger partial charge in [0.25, 0.3) is 0 Å². The fourth-order valence-corrected chi connectivity index (χ4v) is 2.07. The number of aliphatic hydroxyl groups is 1. The normalized spacial score (nSPS) is 15.8. The van der Waals surface area contributed by atoms with E-state index in [1.54, 1.807) is 25.5 Å². The number of pyridine rings is 1. The molecule has 1 atom stereocenters. The lowest BCUT2D eigenvalue weighted by molar-refractivity contribution is 0.199. The average Bonchev–Trinajstić information content (AvgIpc) is 3.29. The molecular formula is C16H19N3O2. The maximum absolute atomic E-state index is 9.69. The Balaban J connectivity index is 1.94. The maximum Gasteiger partial charge on any atom is 0.224 e. The van der Waals surface area contributed by atoms with Crippen molar-refractivity contribution < 1.29 is 9.84 Å². The van der Waals surface area contributed by atoms with E-state index in [2.05, 4.69) is 15.0 Å². The second-order valence-corrected chi connectivity index (χ2v) is 5.57. The highest BCUT2D eigenvalue weighted by Crippen LogP contribution is 2.32. The highest BCUT2D eigenvalue weighted by molar-refractivity contribution is 5.67. The van der Waals surface area contributed by atoms with Gasteiger partial charge in [0.2, 0.25) is 5.88 Å². The first-order valence-electron chi connectivity index (χ1n) is 7.23. The van der Waals surface area contributed by atoms with Crippen molar-refractivity contribution in [3.8, 4) is 17.0 Å². The monoisotopic (exact) mass is 285 g/mol. The number of aryl methyl sites for hydroxylation is 1. The predicted molar refractivity (Wildman–Crippen MR) is 78.9 cm³/mol. The van der Waals surface area contributed by atoms with Gasteiger partial charge in [0.15, 0.2) is 0 Å². The SMILES string of the molecule is Cc1ncc(-c2cncc(C(C)O)c2)c(OCC2CC2)n1. The van der Waals surface area contributed by atoms with E-state index in [0.717, 1.165) is 16.7 Å². The topological polar surface area (TPSA) is 68.1 Å². The van der Waals surface area contributed by atoms with Gasteiger partial charge in [0.1, 0.15) is 5.82 Å². The van der Waals surface area contributed by atoms with Crippen LogP contribution in [0.2, 0.25) is 0 Å². The highest BCUT2D eigenvalue weighted by atomic mass is 16.5. The van der Waals surface area contributed by atoms with E-state index < -0.39 is 6.10 Å². The van der Waals surface area contributed by atoms with Crippen LogP contribution in [0.15, 0.2) is 24.7 Å². The van der Waals surface area contributed by atoms with Crippen LogP contribution in [0, 0.1) is 12.8 Å². The summed E-state index contributed by atoms with van der Waals surface area (Å²) in [5.41, 5.74) is 2.44. The lowest BCUT2D eigenvalue weighted by Crippen LogP contribution is -2.04. The van der Waals surface area contributed by atoms with Gasteiger partial charge >= 0.3 is 0 Å². The van der Waals surface area contributed by atoms with Gasteiger partial charge in [-0.3, -0.25) is 4.98 Å². The Labute approximate surface area is 124 Å². The Morgan fingerprint density at radius 2 is 2.14 bits per heavy atom. The Bertz CT molecular complexity index is 639. The number of aliphatic hydroxyl groups excluding tert-OH is 1. The fraction of sp³-hybridized carbons (Fsp3) is 0.438. The summed E-state index contributed by atoms with van der Waals surface area (Å²) in [5.74, 6) is 1.94. The van der Waals surface area contributed by atoms with E-state index in [0.29, 0.717) is 24.2 Å². The quantitative estimate of drug-likeness (QED) is 0.914. The summed E-state index contributed by atoms with van der Waals surface area (Å²) < 4.78 is 5.86. The molecule has 2 heterocycles. The maximum atomic E-state index is 9.69. The van der Waals surface area contributed by atoms with Crippen molar-refractivity contribution >= 4 is 0 Å². The molecule has 1 unspecified atom stereocenters. The van der Waals surface area contributed by atoms with Crippen LogP contribution in [0.3, 0.4) is 0 Å². The molecule has 1 N–H and O–H groups in total. The van der Waals surface area contributed by atoms with Gasteiger partial charge in [-0.25, -0.2) is 4.98 Å². The van der Waals surface area contributed by atoms with Crippen molar-refractivity contribution in [3.63, 3.8) is 0 Å². The number of nitrogens with zero attached hydrogens (tertiary/aromatic N) is 3. The van der Waals surface area contributed by atoms with E-state index in [1.165, 1.54) is 12.8 Å². The summed E-state index contributed by atoms with van der Waals surface area (Å²) >= 11 is 0. The van der Waals surface area contributed by atoms with E-state index in [4.69, 9.17) is 4.74 Å². The first kappa shape index (κ1) is 13.9. The van der Waals surface area contributed by atoms with Crippen LogP contribution >= 0.6 is 0 Å². The highest BCUT2D eigenvalue weighted by Gasteiger charge is 2.23. The van der Waals surface area contributed by atoms with Gasteiger partial charge in [-0.1, -0.05) is 0 Å². The minimum Gasteiger partial charge on any atom is -0.477 e. The summed E-state index contributed by atoms with van der Waals surface area (Å²) in [6.45, 7) is 4.27. The Morgan fingerprint density at radius 1 is 1.33 bits per heavy atom. The predicted octanol–water partition coefficient (Wildman–Crippen LogP) is 2.69. The third kappa shape index (κ3) is 3.36. The van der Waals surface area contributed by atoms with Crippen LogP contribution in [0.25, 0.3) is 11.1 Å². The van der Waals surface area contributed by atoms with Crippen molar-refractivity contribution in [2.24, 2.45) is 5.92 Å². The smallest absolute Gasteiger partial charge is 0.224 e. The molecule has 0 radical (unpaired) electrons. The van der Waals surface area contributed by atoms with Gasteiger partial charge < -0.3 is 9.84 Å². The summed E-state index contributed by atoms with van der Waals surface area (Å²) in [6, 6.07) is 1.90. The molecule has 5 nitrogen and oxygen atoms in total. The largest absolute Gasteiger partial charge is 0.477 e. The van der Waals surface area contributed by atoms with E-state index in [-0.39, 0.29) is 0 Å². The van der Waals surface area contributed by atoms with Crippen molar-refractivity contribution in [2.75, 3.05) is 6.61 Å². The molecule has 3 rings (SSSR count). The molecule has 21 heavy (non-hydrogen) atoms. The van der Waals surface area contributed by atoms with Gasteiger partial charge in [0.05, 0.1) is 18.3 Å². The first-order chi connectivity index (χ1) is 10.1. The Kier molecular flexibility index (Phi) is 3.84. The summed E-state index contributed by atoms with van der Waals surface area (Å²) in [6.07, 6.45) is 7.07. The molecule has 1 aliphatic rings. The van der Waals surface area contributed by atoms with Gasteiger partial charge in [0, 0.05) is 24.2 Å². The average molecular weight is 285 g/mol. The van der Waals surface area contributed by atoms with Crippen LogP contribution in [0.5, 0.6) is 5.88 Å². The van der Waals surface area contributed by atoms with Crippen molar-refractivity contribution in [1.29, 1.82) is 0 Å². The molecular weight excluding hydrogens is 266 g/mol. The van der Waals surface area contributed by atoms with Crippen LogP contribution in [0.1, 0.15) is 37.3 Å². The summed E-state index contributed by atoms with van der Waals surface area (Å²) in [7, 11) is 0. The molecule has 110 valence electrons. The first-order valence-corrected chi connectivity index (χ1v) is 7.23. The lowest BCUT2D eigenvalue weighted by Gasteiger charge is -2.12. The van der Waals surface area contributed by atoms with Crippen molar-refractivity contribution in [3.05, 3.63) is 36.0 Å². The third-order valence-corrected chi connectivity index (χ3v) is 3.58. The number of ether oxygens (including phenoxy) is 1. The zero-order valence-electron chi connectivity index (χ0n) is 12.3. The number of aromatic nitrogens is 3. The van der Waals surface area contributed by atoms with E-state index in [9.17, 15) is 5.11 Å². The van der Waals surface area contributed by atoms with Crippen molar-refractivity contribution in [2.45, 2.75) is 32.8 Å². The minimum absolute atomic E-state index is 0.556. The molecule has 1 saturated carbocycles. The molecule has 0 aromatic carbocycles. The second kappa shape index (κ2) is 5.77. The number of rotatable bonds is 5. The van der Waals surface area contributed by atoms with Crippen LogP contribution in [-0.4, -0.2) is 26.7 Å². The van der Waals surface area contributed by atoms with Gasteiger partial charge in [-0.2, -0.15) is 4.98 Å². The zero-order chi connectivity index (χ0) is 14.8. The Hall–Kier alpha value is -2.01. The van der Waals surface area contributed by atoms with E-state index in [1.807, 2.05) is 13.0 Å². The van der Waals surface area contributed by atoms with Crippen molar-refractivity contribution in [1.82, 2.24) is 15.0 Å². The molecule has 0 bridgehead atoms. The molecule has 5 heteroatoms. The fourth-order valence-electron chi connectivity index (χ4n) is 2.07. The molecule has 0 saturated heterocycles. The molecule has 1 fully saturated rings. The van der Waals surface area contributed by atoms with Crippen LogP contribution in [0.4, 0.5) is 0 Å². The Morgan fingerprint density at radius 3 is 2.86 bits per heavy atom. The number of hydrogen-bond acceptors (Lipinski definition) is 5. The van der Waals surface area contributed by atoms with Gasteiger partial charge in [-0.15, -0.1) is 0 Å². The molecule has 0 spiro atoms. The minimum atomic E-state index is -0.556. The lowest BCUT2D eigenvalue weighted by atomic mass is 10.1. The number of hydrogen-bond donors (Lipinski definition) is 1. The third-order valence-electron chi connectivity index (χ3n) is 3.58. The van der Waals surface area contributed by atoms with Crippen LogP contribution < -0.4 is 4.74 Å². The molecule has 0 aliphatic heterocycles. The second-order valence-electron chi connectivity index (χ2n) is 5.57.